The third kappa shape index (κ3) is 2.92. The number of rotatable bonds is 3. The third-order valence-corrected chi connectivity index (χ3v) is 2.42. The molecule has 84 valence electrons. The predicted octanol–water partition coefficient (Wildman–Crippen LogP) is 2.61. The van der Waals surface area contributed by atoms with Crippen molar-refractivity contribution >= 4 is 17.4 Å². The van der Waals surface area contributed by atoms with E-state index in [4.69, 9.17) is 16.9 Å². The summed E-state index contributed by atoms with van der Waals surface area (Å²) in [6, 6.07) is 9.24. The molecule has 2 rings (SSSR count). The quantitative estimate of drug-likeness (QED) is 0.902. The fraction of sp³-hybridized carbons (Fsp3) is 0.0833. The molecular weight excluding hydrogens is 236 g/mol. The van der Waals surface area contributed by atoms with Gasteiger partial charge in [0.1, 0.15) is 11.9 Å². The molecule has 0 amide bonds. The minimum absolute atomic E-state index is 0.431. The zero-order valence-corrected chi connectivity index (χ0v) is 9.65. The molecule has 0 spiro atoms. The first kappa shape index (κ1) is 11.4. The van der Waals surface area contributed by atoms with Gasteiger partial charge in [0, 0.05) is 12.4 Å². The Morgan fingerprint density at radius 1 is 1.35 bits per heavy atom. The Bertz CT molecular complexity index is 548. The fourth-order valence-electron chi connectivity index (χ4n) is 1.31. The molecule has 0 bridgehead atoms. The smallest absolute Gasteiger partial charge is 0.145 e. The number of nitrogens with one attached hydrogen (secondary N) is 1. The number of aromatic nitrogens is 2. The van der Waals surface area contributed by atoms with Crippen molar-refractivity contribution in [3.05, 3.63) is 52.9 Å². The van der Waals surface area contributed by atoms with Gasteiger partial charge in [-0.2, -0.15) is 5.26 Å². The molecular formula is C12H9ClN4. The molecule has 0 aliphatic heterocycles. The first-order valence-corrected chi connectivity index (χ1v) is 5.37. The van der Waals surface area contributed by atoms with Gasteiger partial charge in [-0.15, -0.1) is 0 Å². The van der Waals surface area contributed by atoms with E-state index in [1.807, 2.05) is 24.3 Å². The van der Waals surface area contributed by atoms with Gasteiger partial charge in [-0.1, -0.05) is 17.7 Å². The lowest BCUT2D eigenvalue weighted by atomic mass is 10.3. The SMILES string of the molecule is N#Cc1cnc(NCc2ccccn2)c(Cl)c1. The molecule has 0 unspecified atom stereocenters. The molecule has 2 aromatic heterocycles. The molecule has 0 fully saturated rings. The highest BCUT2D eigenvalue weighted by Crippen LogP contribution is 2.20. The molecule has 0 aromatic carbocycles. The van der Waals surface area contributed by atoms with Gasteiger partial charge >= 0.3 is 0 Å². The Morgan fingerprint density at radius 2 is 2.24 bits per heavy atom. The predicted molar refractivity (Wildman–Crippen MR) is 65.5 cm³/mol. The molecule has 2 heterocycles. The normalized spacial score (nSPS) is 9.65. The molecule has 0 saturated heterocycles. The minimum Gasteiger partial charge on any atom is -0.363 e. The van der Waals surface area contributed by atoms with Crippen LogP contribution < -0.4 is 5.32 Å². The first-order chi connectivity index (χ1) is 8.29. The molecule has 1 N–H and O–H groups in total. The van der Waals surface area contributed by atoms with E-state index in [2.05, 4.69) is 15.3 Å². The van der Waals surface area contributed by atoms with E-state index in [9.17, 15) is 0 Å². The van der Waals surface area contributed by atoms with Gasteiger partial charge in [-0.25, -0.2) is 4.98 Å². The van der Waals surface area contributed by atoms with E-state index in [0.29, 0.717) is 22.9 Å². The van der Waals surface area contributed by atoms with Crippen LogP contribution in [-0.2, 0) is 6.54 Å². The summed E-state index contributed by atoms with van der Waals surface area (Å²) >= 11 is 5.98. The average Bonchev–Trinajstić information content (AvgIpc) is 2.38. The van der Waals surface area contributed by atoms with Crippen LogP contribution in [0.5, 0.6) is 0 Å². The van der Waals surface area contributed by atoms with Crippen molar-refractivity contribution in [1.29, 1.82) is 5.26 Å². The van der Waals surface area contributed by atoms with E-state index in [0.717, 1.165) is 5.69 Å². The summed E-state index contributed by atoms with van der Waals surface area (Å²) in [6.07, 6.45) is 3.21. The van der Waals surface area contributed by atoms with Gasteiger partial charge < -0.3 is 5.32 Å². The summed E-state index contributed by atoms with van der Waals surface area (Å²) in [4.78, 5) is 8.24. The Labute approximate surface area is 104 Å². The van der Waals surface area contributed by atoms with E-state index in [1.165, 1.54) is 6.20 Å². The molecule has 5 heteroatoms. The highest BCUT2D eigenvalue weighted by atomic mass is 35.5. The number of nitrogens with zero attached hydrogens (tertiary/aromatic N) is 3. The van der Waals surface area contributed by atoms with Crippen molar-refractivity contribution in [3.63, 3.8) is 0 Å². The van der Waals surface area contributed by atoms with Crippen molar-refractivity contribution in [2.45, 2.75) is 6.54 Å². The van der Waals surface area contributed by atoms with Gasteiger partial charge in [0.15, 0.2) is 0 Å². The fourth-order valence-corrected chi connectivity index (χ4v) is 1.54. The molecule has 0 radical (unpaired) electrons. The molecule has 0 saturated carbocycles. The standard InChI is InChI=1S/C12H9ClN4/c13-11-5-9(6-14)7-16-12(11)17-8-10-3-1-2-4-15-10/h1-5,7H,8H2,(H,16,17). The Hall–Kier alpha value is -2.12. The largest absolute Gasteiger partial charge is 0.363 e. The molecule has 0 aliphatic rings. The van der Waals surface area contributed by atoms with Crippen molar-refractivity contribution in [3.8, 4) is 6.07 Å². The summed E-state index contributed by atoms with van der Waals surface area (Å²) < 4.78 is 0. The number of hydrogen-bond acceptors (Lipinski definition) is 4. The molecule has 17 heavy (non-hydrogen) atoms. The Morgan fingerprint density at radius 3 is 2.88 bits per heavy atom. The second-order valence-electron chi connectivity index (χ2n) is 3.34. The van der Waals surface area contributed by atoms with Gasteiger partial charge in [-0.05, 0) is 18.2 Å². The summed E-state index contributed by atoms with van der Waals surface area (Å²) in [5.41, 5.74) is 1.34. The first-order valence-electron chi connectivity index (χ1n) is 4.99. The maximum Gasteiger partial charge on any atom is 0.145 e. The van der Waals surface area contributed by atoms with Crippen molar-refractivity contribution in [1.82, 2.24) is 9.97 Å². The second-order valence-corrected chi connectivity index (χ2v) is 3.75. The lowest BCUT2D eigenvalue weighted by molar-refractivity contribution is 1.03. The van der Waals surface area contributed by atoms with Crippen LogP contribution in [0, 0.1) is 11.3 Å². The average molecular weight is 245 g/mol. The monoisotopic (exact) mass is 244 g/mol. The molecule has 4 nitrogen and oxygen atoms in total. The topological polar surface area (TPSA) is 61.6 Å². The van der Waals surface area contributed by atoms with E-state index >= 15 is 0 Å². The van der Waals surface area contributed by atoms with Crippen molar-refractivity contribution in [2.75, 3.05) is 5.32 Å². The van der Waals surface area contributed by atoms with Gasteiger partial charge in [0.25, 0.3) is 0 Å². The number of anilines is 1. The van der Waals surface area contributed by atoms with Crippen LogP contribution in [0.2, 0.25) is 5.02 Å². The van der Waals surface area contributed by atoms with E-state index in [-0.39, 0.29) is 0 Å². The maximum atomic E-state index is 8.68. The summed E-state index contributed by atoms with van der Waals surface area (Å²) in [5.74, 6) is 0.552. The lowest BCUT2D eigenvalue weighted by Gasteiger charge is -2.06. The lowest BCUT2D eigenvalue weighted by Crippen LogP contribution is -2.03. The highest BCUT2D eigenvalue weighted by molar-refractivity contribution is 6.33. The van der Waals surface area contributed by atoms with Crippen LogP contribution >= 0.6 is 11.6 Å². The molecule has 0 atom stereocenters. The molecule has 2 aromatic rings. The zero-order chi connectivity index (χ0) is 12.1. The van der Waals surface area contributed by atoms with Gasteiger partial charge in [0.05, 0.1) is 22.8 Å². The van der Waals surface area contributed by atoms with Crippen LogP contribution in [0.1, 0.15) is 11.3 Å². The zero-order valence-electron chi connectivity index (χ0n) is 8.89. The van der Waals surface area contributed by atoms with E-state index in [1.54, 1.807) is 12.3 Å². The Kier molecular flexibility index (Phi) is 3.53. The minimum atomic E-state index is 0.431. The van der Waals surface area contributed by atoms with Crippen LogP contribution in [0.3, 0.4) is 0 Å². The summed E-state index contributed by atoms with van der Waals surface area (Å²) in [6.45, 7) is 0.541. The van der Waals surface area contributed by atoms with Crippen molar-refractivity contribution in [2.24, 2.45) is 0 Å². The van der Waals surface area contributed by atoms with Crippen LogP contribution in [0.15, 0.2) is 36.7 Å². The number of pyridine rings is 2. The molecule has 0 aliphatic carbocycles. The second kappa shape index (κ2) is 5.28. The van der Waals surface area contributed by atoms with Crippen LogP contribution in [0.25, 0.3) is 0 Å². The van der Waals surface area contributed by atoms with Crippen LogP contribution in [-0.4, -0.2) is 9.97 Å². The number of nitriles is 1. The van der Waals surface area contributed by atoms with Gasteiger partial charge in [-0.3, -0.25) is 4.98 Å². The van der Waals surface area contributed by atoms with Gasteiger partial charge in [0.2, 0.25) is 0 Å². The highest BCUT2D eigenvalue weighted by Gasteiger charge is 2.03. The summed E-state index contributed by atoms with van der Waals surface area (Å²) in [7, 11) is 0. The maximum absolute atomic E-state index is 8.68. The summed E-state index contributed by atoms with van der Waals surface area (Å²) in [5, 5.41) is 12.2. The third-order valence-electron chi connectivity index (χ3n) is 2.13. The Balaban J connectivity index is 2.08. The number of hydrogen-bond donors (Lipinski definition) is 1. The van der Waals surface area contributed by atoms with Crippen LogP contribution in [0.4, 0.5) is 5.82 Å². The van der Waals surface area contributed by atoms with E-state index < -0.39 is 0 Å². The number of halogens is 1. The van der Waals surface area contributed by atoms with Crippen molar-refractivity contribution < 1.29 is 0 Å².